The van der Waals surface area contributed by atoms with Crippen LogP contribution < -0.4 is 5.32 Å². The van der Waals surface area contributed by atoms with Gasteiger partial charge in [-0.1, -0.05) is 256 Å². The quantitative estimate of drug-likeness (QED) is 0.0425. The zero-order chi connectivity index (χ0) is 40.7. The first-order valence-electron chi connectivity index (χ1n) is 25.5. The van der Waals surface area contributed by atoms with E-state index >= 15 is 0 Å². The molecule has 0 radical (unpaired) electrons. The lowest BCUT2D eigenvalue weighted by Crippen LogP contribution is -2.45. The van der Waals surface area contributed by atoms with E-state index in [9.17, 15) is 15.0 Å². The van der Waals surface area contributed by atoms with Crippen LogP contribution in [-0.4, -0.2) is 34.9 Å². The van der Waals surface area contributed by atoms with Crippen LogP contribution in [-0.2, 0) is 4.79 Å². The summed E-state index contributed by atoms with van der Waals surface area (Å²) in [6, 6.07) is -0.537. The third kappa shape index (κ3) is 44.0. The van der Waals surface area contributed by atoms with Crippen LogP contribution in [0.1, 0.15) is 284 Å². The Morgan fingerprint density at radius 1 is 0.429 bits per heavy atom. The van der Waals surface area contributed by atoms with E-state index < -0.39 is 12.1 Å². The van der Waals surface area contributed by atoms with Gasteiger partial charge < -0.3 is 15.5 Å². The summed E-state index contributed by atoms with van der Waals surface area (Å²) in [4.78, 5) is 12.4. The molecule has 0 aliphatic heterocycles. The topological polar surface area (TPSA) is 69.6 Å². The summed E-state index contributed by atoms with van der Waals surface area (Å²) in [6.45, 7) is 4.36. The van der Waals surface area contributed by atoms with E-state index in [-0.39, 0.29) is 12.5 Å². The number of hydrogen-bond acceptors (Lipinski definition) is 3. The van der Waals surface area contributed by atoms with Gasteiger partial charge in [-0.25, -0.2) is 0 Å². The SMILES string of the molecule is CCCCC/C=C\C/C=C\CCCCCCCCCCCC(=O)NC(CO)C(O)CCCCCCCCCCCCCCCCCCCCCCCCCCC. The number of allylic oxidation sites excluding steroid dienone is 4. The number of aliphatic hydroxyl groups is 2. The molecule has 0 heterocycles. The summed E-state index contributed by atoms with van der Waals surface area (Å²) in [7, 11) is 0. The van der Waals surface area contributed by atoms with Crippen LogP contribution in [0.25, 0.3) is 0 Å². The van der Waals surface area contributed by atoms with Gasteiger partial charge in [0.15, 0.2) is 0 Å². The maximum absolute atomic E-state index is 12.4. The number of amides is 1. The lowest BCUT2D eigenvalue weighted by molar-refractivity contribution is -0.123. The van der Waals surface area contributed by atoms with Crippen molar-refractivity contribution in [2.75, 3.05) is 6.61 Å². The molecule has 0 aromatic rings. The Labute approximate surface area is 351 Å². The van der Waals surface area contributed by atoms with E-state index in [0.717, 1.165) is 32.1 Å². The molecule has 0 bridgehead atoms. The second kappa shape index (κ2) is 48.2. The first-order chi connectivity index (χ1) is 27.7. The summed E-state index contributed by atoms with van der Waals surface area (Å²) in [5, 5.41) is 23.3. The van der Waals surface area contributed by atoms with E-state index in [0.29, 0.717) is 12.8 Å². The molecular weight excluding hydrogens is 687 g/mol. The molecule has 0 rings (SSSR count). The van der Waals surface area contributed by atoms with Gasteiger partial charge in [0.05, 0.1) is 18.8 Å². The number of hydrogen-bond donors (Lipinski definition) is 3. The molecule has 3 N–H and O–H groups in total. The van der Waals surface area contributed by atoms with Gasteiger partial charge in [-0.3, -0.25) is 4.79 Å². The minimum Gasteiger partial charge on any atom is -0.394 e. The van der Waals surface area contributed by atoms with Crippen molar-refractivity contribution in [3.05, 3.63) is 24.3 Å². The lowest BCUT2D eigenvalue weighted by Gasteiger charge is -2.22. The zero-order valence-corrected chi connectivity index (χ0v) is 38.2. The van der Waals surface area contributed by atoms with Gasteiger partial charge in [0.25, 0.3) is 0 Å². The fraction of sp³-hybridized carbons (Fsp3) is 0.904. The molecule has 0 aromatic heterocycles. The van der Waals surface area contributed by atoms with Crippen molar-refractivity contribution in [1.29, 1.82) is 0 Å². The molecule has 4 heteroatoms. The maximum atomic E-state index is 12.4. The Morgan fingerprint density at radius 2 is 0.732 bits per heavy atom. The molecule has 0 fully saturated rings. The van der Waals surface area contributed by atoms with Gasteiger partial charge in [0.1, 0.15) is 0 Å². The van der Waals surface area contributed by atoms with E-state index in [2.05, 4.69) is 43.5 Å². The van der Waals surface area contributed by atoms with Crippen LogP contribution in [0.4, 0.5) is 0 Å². The minimum atomic E-state index is -0.660. The summed E-state index contributed by atoms with van der Waals surface area (Å²) in [5.41, 5.74) is 0. The van der Waals surface area contributed by atoms with E-state index in [1.54, 1.807) is 0 Å². The summed E-state index contributed by atoms with van der Waals surface area (Å²) in [6.07, 6.45) is 62.8. The number of unbranched alkanes of at least 4 members (excludes halogenated alkanes) is 36. The Kier molecular flexibility index (Phi) is 47.3. The third-order valence-electron chi connectivity index (χ3n) is 12.0. The number of nitrogens with one attached hydrogen (secondary N) is 1. The van der Waals surface area contributed by atoms with Crippen molar-refractivity contribution in [2.24, 2.45) is 0 Å². The van der Waals surface area contributed by atoms with Crippen LogP contribution >= 0.6 is 0 Å². The molecule has 0 spiro atoms. The fourth-order valence-electron chi connectivity index (χ4n) is 8.04. The Morgan fingerprint density at radius 3 is 1.11 bits per heavy atom. The Bertz CT molecular complexity index is 810. The highest BCUT2D eigenvalue weighted by Gasteiger charge is 2.20. The van der Waals surface area contributed by atoms with Crippen molar-refractivity contribution < 1.29 is 15.0 Å². The average molecular weight is 788 g/mol. The Balaban J connectivity index is 3.45. The van der Waals surface area contributed by atoms with E-state index in [1.807, 2.05) is 0 Å². The molecular formula is C52H101NO3. The molecule has 0 saturated heterocycles. The van der Waals surface area contributed by atoms with Gasteiger partial charge in [-0.2, -0.15) is 0 Å². The predicted molar refractivity (Wildman–Crippen MR) is 249 cm³/mol. The predicted octanol–water partition coefficient (Wildman–Crippen LogP) is 16.4. The van der Waals surface area contributed by atoms with Crippen molar-refractivity contribution in [3.63, 3.8) is 0 Å². The standard InChI is InChI=1S/C52H101NO3/c1-3-5-7-9-11-13-15-17-19-21-23-24-25-26-27-28-30-31-33-35-37-39-41-43-45-47-51(55)50(49-54)53-52(56)48-46-44-42-40-38-36-34-32-29-22-20-18-16-14-12-10-8-6-4-2/h12,14,18,20,50-51,54-55H,3-11,13,15-17,19,21-49H2,1-2H3,(H,53,56)/b14-12-,20-18-. The molecule has 0 aliphatic rings. The largest absolute Gasteiger partial charge is 0.394 e. The van der Waals surface area contributed by atoms with Crippen molar-refractivity contribution in [1.82, 2.24) is 5.32 Å². The molecule has 332 valence electrons. The van der Waals surface area contributed by atoms with Crippen molar-refractivity contribution in [2.45, 2.75) is 296 Å². The van der Waals surface area contributed by atoms with E-state index in [4.69, 9.17) is 0 Å². The van der Waals surface area contributed by atoms with Crippen LogP contribution in [0.5, 0.6) is 0 Å². The molecule has 2 unspecified atom stereocenters. The summed E-state index contributed by atoms with van der Waals surface area (Å²) in [5.74, 6) is -0.0324. The second-order valence-corrected chi connectivity index (χ2v) is 17.6. The highest BCUT2D eigenvalue weighted by molar-refractivity contribution is 5.76. The molecule has 0 saturated carbocycles. The number of aliphatic hydroxyl groups excluding tert-OH is 2. The minimum absolute atomic E-state index is 0.0324. The molecule has 1 amide bonds. The van der Waals surface area contributed by atoms with Crippen molar-refractivity contribution in [3.8, 4) is 0 Å². The van der Waals surface area contributed by atoms with Gasteiger partial charge in [0, 0.05) is 6.42 Å². The average Bonchev–Trinajstić information content (AvgIpc) is 3.20. The van der Waals surface area contributed by atoms with Crippen LogP contribution in [0.3, 0.4) is 0 Å². The van der Waals surface area contributed by atoms with Crippen LogP contribution in [0.2, 0.25) is 0 Å². The summed E-state index contributed by atoms with van der Waals surface area (Å²) >= 11 is 0. The third-order valence-corrected chi connectivity index (χ3v) is 12.0. The molecule has 0 aromatic carbocycles. The fourth-order valence-corrected chi connectivity index (χ4v) is 8.04. The molecule has 2 atom stereocenters. The summed E-state index contributed by atoms with van der Waals surface area (Å²) < 4.78 is 0. The van der Waals surface area contributed by atoms with Crippen LogP contribution in [0.15, 0.2) is 24.3 Å². The monoisotopic (exact) mass is 788 g/mol. The lowest BCUT2D eigenvalue weighted by atomic mass is 10.0. The van der Waals surface area contributed by atoms with Crippen LogP contribution in [0, 0.1) is 0 Å². The van der Waals surface area contributed by atoms with E-state index in [1.165, 1.54) is 225 Å². The Hall–Kier alpha value is -1.13. The zero-order valence-electron chi connectivity index (χ0n) is 38.2. The number of rotatable bonds is 47. The first-order valence-corrected chi connectivity index (χ1v) is 25.5. The smallest absolute Gasteiger partial charge is 0.220 e. The van der Waals surface area contributed by atoms with Gasteiger partial charge in [-0.05, 0) is 44.9 Å². The molecule has 56 heavy (non-hydrogen) atoms. The normalized spacial score (nSPS) is 13.0. The molecule has 0 aliphatic carbocycles. The number of carbonyl (C=O) groups excluding carboxylic acids is 1. The van der Waals surface area contributed by atoms with Gasteiger partial charge in [-0.15, -0.1) is 0 Å². The molecule has 4 nitrogen and oxygen atoms in total. The highest BCUT2D eigenvalue weighted by Crippen LogP contribution is 2.17. The van der Waals surface area contributed by atoms with Gasteiger partial charge >= 0.3 is 0 Å². The first kappa shape index (κ1) is 54.9. The maximum Gasteiger partial charge on any atom is 0.220 e. The van der Waals surface area contributed by atoms with Gasteiger partial charge in [0.2, 0.25) is 5.91 Å². The second-order valence-electron chi connectivity index (χ2n) is 17.6. The van der Waals surface area contributed by atoms with Crippen molar-refractivity contribution >= 4 is 5.91 Å². The highest BCUT2D eigenvalue weighted by atomic mass is 16.3. The number of carbonyl (C=O) groups is 1.